The van der Waals surface area contributed by atoms with Gasteiger partial charge in [0.05, 0.1) is 5.03 Å². The van der Waals surface area contributed by atoms with Crippen LogP contribution in [0.1, 0.15) is 10.5 Å². The molecular formula is C5H4N2O2S2. The van der Waals surface area contributed by atoms with Crippen molar-refractivity contribution in [2.24, 2.45) is 0 Å². The number of aromatic nitrogens is 2. The summed E-state index contributed by atoms with van der Waals surface area (Å²) < 4.78 is 0. The van der Waals surface area contributed by atoms with Gasteiger partial charge in [-0.2, -0.15) is 0 Å². The molecule has 1 aromatic heterocycles. The minimum atomic E-state index is -1.11. The summed E-state index contributed by atoms with van der Waals surface area (Å²) in [5.74, 6) is -1.11. The van der Waals surface area contributed by atoms with Crippen LogP contribution in [0.25, 0.3) is 0 Å². The Kier molecular flexibility index (Phi) is 2.35. The number of carbonyl (C=O) groups is 1. The molecule has 4 nitrogen and oxygen atoms in total. The van der Waals surface area contributed by atoms with Crippen LogP contribution in [0.15, 0.2) is 16.2 Å². The van der Waals surface area contributed by atoms with E-state index in [1.807, 2.05) is 0 Å². The van der Waals surface area contributed by atoms with E-state index < -0.39 is 5.97 Å². The van der Waals surface area contributed by atoms with Gasteiger partial charge in [0.2, 0.25) is 0 Å². The average Bonchev–Trinajstić information content (AvgIpc) is 1.85. The van der Waals surface area contributed by atoms with Crippen molar-refractivity contribution in [2.75, 3.05) is 0 Å². The maximum atomic E-state index is 10.3. The molecule has 11 heavy (non-hydrogen) atoms. The third kappa shape index (κ3) is 2.09. The van der Waals surface area contributed by atoms with E-state index in [0.717, 1.165) is 0 Å². The van der Waals surface area contributed by atoms with Crippen molar-refractivity contribution < 1.29 is 9.90 Å². The molecule has 0 fully saturated rings. The lowest BCUT2D eigenvalue weighted by Crippen LogP contribution is -2.01. The molecule has 0 aliphatic rings. The van der Waals surface area contributed by atoms with Crippen LogP contribution in [0.2, 0.25) is 0 Å². The summed E-state index contributed by atoms with van der Waals surface area (Å²) in [6, 6.07) is 1.26. The lowest BCUT2D eigenvalue weighted by molar-refractivity contribution is 0.0689. The minimum absolute atomic E-state index is 0.102. The van der Waals surface area contributed by atoms with Crippen molar-refractivity contribution >= 4 is 31.2 Å². The molecule has 1 N–H and O–H groups in total. The highest BCUT2D eigenvalue weighted by atomic mass is 32.1. The van der Waals surface area contributed by atoms with Crippen molar-refractivity contribution in [1.29, 1.82) is 0 Å². The number of hydrogen-bond donors (Lipinski definition) is 3. The molecule has 0 aromatic carbocycles. The molecular weight excluding hydrogens is 184 g/mol. The van der Waals surface area contributed by atoms with Crippen LogP contribution in [-0.2, 0) is 0 Å². The molecule has 0 aliphatic carbocycles. The zero-order chi connectivity index (χ0) is 8.43. The number of hydrogen-bond acceptors (Lipinski definition) is 5. The Bertz CT molecular complexity index is 282. The fourth-order valence-electron chi connectivity index (χ4n) is 0.532. The second-order valence-corrected chi connectivity index (χ2v) is 2.57. The van der Waals surface area contributed by atoms with Crippen molar-refractivity contribution in [1.82, 2.24) is 9.97 Å². The molecule has 1 rings (SSSR count). The van der Waals surface area contributed by atoms with Crippen molar-refractivity contribution in [3.63, 3.8) is 0 Å². The first-order valence-corrected chi connectivity index (χ1v) is 3.49. The van der Waals surface area contributed by atoms with E-state index in [4.69, 9.17) is 5.11 Å². The first kappa shape index (κ1) is 8.35. The first-order valence-electron chi connectivity index (χ1n) is 2.60. The highest BCUT2D eigenvalue weighted by Crippen LogP contribution is 2.07. The van der Waals surface area contributed by atoms with E-state index in [2.05, 4.69) is 35.2 Å². The SMILES string of the molecule is O=C(O)c1cc(S)nc(S)n1. The third-order valence-corrected chi connectivity index (χ3v) is 1.35. The van der Waals surface area contributed by atoms with Crippen LogP contribution in [0.4, 0.5) is 0 Å². The predicted molar refractivity (Wildman–Crippen MR) is 43.5 cm³/mol. The van der Waals surface area contributed by atoms with Crippen LogP contribution in [0, 0.1) is 0 Å². The van der Waals surface area contributed by atoms with Gasteiger partial charge in [0.25, 0.3) is 0 Å². The second kappa shape index (κ2) is 3.10. The first-order chi connectivity index (χ1) is 5.09. The van der Waals surface area contributed by atoms with E-state index in [1.165, 1.54) is 6.07 Å². The largest absolute Gasteiger partial charge is 0.477 e. The van der Waals surface area contributed by atoms with Crippen LogP contribution < -0.4 is 0 Å². The monoisotopic (exact) mass is 188 g/mol. The molecule has 0 spiro atoms. The van der Waals surface area contributed by atoms with Gasteiger partial charge in [-0.25, -0.2) is 14.8 Å². The summed E-state index contributed by atoms with van der Waals surface area (Å²) in [5, 5.41) is 8.88. The predicted octanol–water partition coefficient (Wildman–Crippen LogP) is 0.752. The Hall–Kier alpha value is -0.750. The van der Waals surface area contributed by atoms with Crippen LogP contribution in [-0.4, -0.2) is 21.0 Å². The summed E-state index contributed by atoms with van der Waals surface area (Å²) in [6.07, 6.45) is 0. The lowest BCUT2D eigenvalue weighted by Gasteiger charge is -1.95. The van der Waals surface area contributed by atoms with E-state index in [-0.39, 0.29) is 10.9 Å². The molecule has 0 radical (unpaired) electrons. The van der Waals surface area contributed by atoms with Gasteiger partial charge < -0.3 is 5.11 Å². The molecule has 0 saturated carbocycles. The Balaban J connectivity index is 3.19. The van der Waals surface area contributed by atoms with E-state index >= 15 is 0 Å². The van der Waals surface area contributed by atoms with Gasteiger partial charge in [0.15, 0.2) is 10.9 Å². The van der Waals surface area contributed by atoms with Crippen molar-refractivity contribution in [3.8, 4) is 0 Å². The van der Waals surface area contributed by atoms with Gasteiger partial charge in [0.1, 0.15) is 0 Å². The quantitative estimate of drug-likeness (QED) is 0.346. The molecule has 0 bridgehead atoms. The number of carboxylic acid groups (broad SMARTS) is 1. The van der Waals surface area contributed by atoms with Gasteiger partial charge >= 0.3 is 5.97 Å². The number of aromatic carboxylic acids is 1. The number of thiol groups is 2. The Morgan fingerprint density at radius 2 is 2.09 bits per heavy atom. The zero-order valence-electron chi connectivity index (χ0n) is 5.22. The van der Waals surface area contributed by atoms with E-state index in [0.29, 0.717) is 5.03 Å². The maximum absolute atomic E-state index is 10.3. The highest BCUT2D eigenvalue weighted by Gasteiger charge is 2.06. The average molecular weight is 188 g/mol. The topological polar surface area (TPSA) is 63.1 Å². The van der Waals surface area contributed by atoms with E-state index in [1.54, 1.807) is 0 Å². The molecule has 58 valence electrons. The molecule has 0 aliphatic heterocycles. The maximum Gasteiger partial charge on any atom is 0.354 e. The number of rotatable bonds is 1. The van der Waals surface area contributed by atoms with Crippen LogP contribution >= 0.6 is 25.3 Å². The van der Waals surface area contributed by atoms with Gasteiger partial charge in [-0.3, -0.25) is 0 Å². The molecule has 0 saturated heterocycles. The minimum Gasteiger partial charge on any atom is -0.477 e. The van der Waals surface area contributed by atoms with Gasteiger partial charge in [-0.05, 0) is 0 Å². The third-order valence-electron chi connectivity index (χ3n) is 0.920. The molecule has 0 amide bonds. The number of carboxylic acids is 1. The van der Waals surface area contributed by atoms with Crippen molar-refractivity contribution in [2.45, 2.75) is 10.2 Å². The highest BCUT2D eigenvalue weighted by molar-refractivity contribution is 7.80. The fourth-order valence-corrected chi connectivity index (χ4v) is 1.04. The summed E-state index contributed by atoms with van der Waals surface area (Å²) in [7, 11) is 0. The zero-order valence-corrected chi connectivity index (χ0v) is 7.01. The summed E-state index contributed by atoms with van der Waals surface area (Å²) in [4.78, 5) is 17.6. The Labute approximate surface area is 73.5 Å². The smallest absolute Gasteiger partial charge is 0.354 e. The van der Waals surface area contributed by atoms with Crippen molar-refractivity contribution in [3.05, 3.63) is 11.8 Å². The molecule has 0 atom stereocenters. The molecule has 1 aromatic rings. The second-order valence-electron chi connectivity index (χ2n) is 1.72. The molecule has 1 heterocycles. The number of nitrogens with zero attached hydrogens (tertiary/aromatic N) is 2. The summed E-state index contributed by atoms with van der Waals surface area (Å²) in [5.41, 5.74) is -0.102. The lowest BCUT2D eigenvalue weighted by atomic mass is 10.4. The van der Waals surface area contributed by atoms with Gasteiger partial charge in [-0.15, -0.1) is 25.3 Å². The standard InChI is InChI=1S/C5H4N2O2S2/c8-4(9)2-1-3(10)7-5(11)6-2/h1H,(H,8,9)(H2,6,7,10,11). The summed E-state index contributed by atoms with van der Waals surface area (Å²) in [6.45, 7) is 0. The fraction of sp³-hybridized carbons (Fsp3) is 0. The summed E-state index contributed by atoms with van der Waals surface area (Å²) >= 11 is 7.64. The molecule has 6 heteroatoms. The van der Waals surface area contributed by atoms with Gasteiger partial charge in [-0.1, -0.05) is 0 Å². The van der Waals surface area contributed by atoms with Crippen LogP contribution in [0.3, 0.4) is 0 Å². The Morgan fingerprint density at radius 1 is 1.45 bits per heavy atom. The molecule has 0 unspecified atom stereocenters. The van der Waals surface area contributed by atoms with Gasteiger partial charge in [0, 0.05) is 6.07 Å². The van der Waals surface area contributed by atoms with E-state index in [9.17, 15) is 4.79 Å². The normalized spacial score (nSPS) is 9.64. The van der Waals surface area contributed by atoms with Crippen LogP contribution in [0.5, 0.6) is 0 Å². The Morgan fingerprint density at radius 3 is 2.55 bits per heavy atom.